The normalized spacial score (nSPS) is 3.33. The zero-order valence-electron chi connectivity index (χ0n) is 3.60. The Balaban J connectivity index is -0.0000000450. The summed E-state index contributed by atoms with van der Waals surface area (Å²) in [6.07, 6.45) is 2.51. The summed E-state index contributed by atoms with van der Waals surface area (Å²) in [5.74, 6) is 0. The Kier molecular flexibility index (Phi) is 45.8. The maximum Gasteiger partial charge on any atom is 1.00 e. The quantitative estimate of drug-likeness (QED) is 0.213. The summed E-state index contributed by atoms with van der Waals surface area (Å²) in [4.78, 5) is 8.93. The van der Waals surface area contributed by atoms with E-state index < -0.39 is 0 Å². The molecule has 0 saturated heterocycles. The third-order valence-corrected chi connectivity index (χ3v) is 0.0833. The number of hydrogen-bond donors (Lipinski definition) is 0. The van der Waals surface area contributed by atoms with Crippen LogP contribution in [0.4, 0.5) is 0 Å². The fourth-order valence-corrected chi connectivity index (χ4v) is 0. The van der Waals surface area contributed by atoms with E-state index in [2.05, 4.69) is 6.58 Å². The molecule has 0 saturated carbocycles. The topological polar surface area (TPSA) is 17.1 Å². The first kappa shape index (κ1) is 15.9. The van der Waals surface area contributed by atoms with Crippen LogP contribution in [0.25, 0.3) is 0 Å². The predicted molar refractivity (Wildman–Crippen MR) is 23.1 cm³/mol. The van der Waals surface area contributed by atoms with Crippen molar-refractivity contribution in [3.05, 3.63) is 12.7 Å². The molecular weight excluding hydrogens is 110 g/mol. The number of carbonyl (C=O) groups excluding carboxylic acids is 1. The molecule has 0 aliphatic rings. The van der Waals surface area contributed by atoms with Gasteiger partial charge in [0, 0.05) is 0 Å². The van der Waals surface area contributed by atoms with Crippen LogP contribution in [0.1, 0.15) is 0 Å². The number of rotatable bonds is 1. The van der Waals surface area contributed by atoms with Crippen molar-refractivity contribution in [1.29, 1.82) is 0 Å². The van der Waals surface area contributed by atoms with Crippen LogP contribution in [-0.4, -0.2) is 6.29 Å². The molecule has 30 valence electrons. The third-order valence-electron chi connectivity index (χ3n) is 0.0833. The van der Waals surface area contributed by atoms with E-state index in [0.717, 1.165) is 6.08 Å². The molecule has 0 heterocycles. The van der Waals surface area contributed by atoms with Crippen LogP contribution in [0.3, 0.4) is 0 Å². The van der Waals surface area contributed by atoms with Crippen molar-refractivity contribution in [3.63, 3.8) is 0 Å². The summed E-state index contributed by atoms with van der Waals surface area (Å²) in [5, 5.41) is 0. The molecule has 0 N–H and O–H groups in total. The first-order chi connectivity index (χ1) is 1.91. The summed E-state index contributed by atoms with van der Waals surface area (Å²) in [6, 6.07) is 0. The summed E-state index contributed by atoms with van der Waals surface area (Å²) in [6.45, 7) is 3.06. The molecule has 0 rings (SSSR count). The minimum absolute atomic E-state index is 0. The number of hydrogen-bond acceptors (Lipinski definition) is 1. The summed E-state index contributed by atoms with van der Waals surface area (Å²) < 4.78 is 0. The first-order valence-electron chi connectivity index (χ1n) is 0.901. The van der Waals surface area contributed by atoms with Gasteiger partial charge in [0.1, 0.15) is 0 Å². The van der Waals surface area contributed by atoms with Gasteiger partial charge in [-0.25, -0.2) is 12.7 Å². The minimum Gasteiger partial charge on any atom is -0.419 e. The van der Waals surface area contributed by atoms with Crippen molar-refractivity contribution in [3.8, 4) is 0 Å². The Labute approximate surface area is 65.5 Å². The monoisotopic (exact) mass is 114 g/mol. The zero-order valence-corrected chi connectivity index (χ0v) is 6.42. The predicted octanol–water partition coefficient (Wildman–Crippen LogP) is -2.29. The summed E-state index contributed by atoms with van der Waals surface area (Å²) >= 11 is 0. The fourth-order valence-electron chi connectivity index (χ4n) is 0. The van der Waals surface area contributed by atoms with Crippen LogP contribution in [0.15, 0.2) is 12.7 Å². The van der Waals surface area contributed by atoms with Gasteiger partial charge < -0.3 is 4.79 Å². The van der Waals surface area contributed by atoms with Crippen LogP contribution < -0.4 is 29.6 Å². The molecule has 0 spiro atoms. The molecule has 0 bridgehead atoms. The van der Waals surface area contributed by atoms with Crippen LogP contribution in [0, 0.1) is 0 Å². The van der Waals surface area contributed by atoms with Gasteiger partial charge in [0.15, 0.2) is 0 Å². The van der Waals surface area contributed by atoms with Gasteiger partial charge in [0.05, 0.1) is 0 Å². The molecule has 0 aliphatic heterocycles. The molecule has 0 aromatic rings. The molecule has 3 heteroatoms. The first-order valence-corrected chi connectivity index (χ1v) is 0.901. The van der Waals surface area contributed by atoms with E-state index in [9.17, 15) is 0 Å². The maximum atomic E-state index is 8.93. The van der Waals surface area contributed by atoms with Crippen molar-refractivity contribution in [2.24, 2.45) is 0 Å². The van der Waals surface area contributed by atoms with Crippen molar-refractivity contribution in [2.75, 3.05) is 0 Å². The molecule has 1 nitrogen and oxygen atoms in total. The molecule has 0 atom stereocenters. The molecule has 0 amide bonds. The second kappa shape index (κ2) is 17.3. The van der Waals surface area contributed by atoms with Crippen LogP contribution in [-0.2, 0) is 4.79 Å². The summed E-state index contributed by atoms with van der Waals surface area (Å²) in [5.41, 5.74) is 0. The molecule has 0 aromatic heterocycles. The van der Waals surface area contributed by atoms with Crippen molar-refractivity contribution in [2.45, 2.75) is 0 Å². The maximum absolute atomic E-state index is 8.93. The van der Waals surface area contributed by atoms with E-state index in [4.69, 9.17) is 4.79 Å². The van der Waals surface area contributed by atoms with Gasteiger partial charge in [-0.15, -0.1) is 12.4 Å². The van der Waals surface area contributed by atoms with Gasteiger partial charge >= 0.3 is 29.6 Å². The fraction of sp³-hybridized carbons (Fsp3) is 0. The average Bonchev–Trinajstić information content (AvgIpc) is 1.37. The van der Waals surface area contributed by atoms with Crippen molar-refractivity contribution < 1.29 is 34.4 Å². The van der Waals surface area contributed by atoms with Gasteiger partial charge in [-0.2, -0.15) is 0 Å². The second-order valence-electron chi connectivity index (χ2n) is 0.322. The number of allylic oxidation sites excluding steroid dienone is 1. The molecule has 0 aromatic carbocycles. The smallest absolute Gasteiger partial charge is 0.419 e. The van der Waals surface area contributed by atoms with Gasteiger partial charge in [0.25, 0.3) is 0 Å². The van der Waals surface area contributed by atoms with Crippen molar-refractivity contribution >= 4 is 18.7 Å². The minimum atomic E-state index is 0. The number of halogens is 1. The van der Waals surface area contributed by atoms with Crippen molar-refractivity contribution in [1.82, 2.24) is 0 Å². The molecule has 6 heavy (non-hydrogen) atoms. The van der Waals surface area contributed by atoms with Gasteiger partial charge in [-0.1, -0.05) is 0 Å². The summed E-state index contributed by atoms with van der Waals surface area (Å²) in [7, 11) is 0. The van der Waals surface area contributed by atoms with E-state index >= 15 is 0 Å². The molecule has 0 radical (unpaired) electrons. The van der Waals surface area contributed by atoms with Crippen LogP contribution >= 0.6 is 12.4 Å². The average molecular weight is 115 g/mol. The zero-order chi connectivity index (χ0) is 3.41. The largest absolute Gasteiger partial charge is 1.00 e. The Hall–Kier alpha value is 0.700. The standard InChI is InChI=1S/C3H3O.ClH.Na/c1-2-3-4;;/h2H,1H2;1H;/q-1;;+1. The van der Waals surface area contributed by atoms with Crippen LogP contribution in [0.5, 0.6) is 0 Å². The van der Waals surface area contributed by atoms with Gasteiger partial charge in [0.2, 0.25) is 0 Å². The van der Waals surface area contributed by atoms with E-state index in [1.807, 2.05) is 0 Å². The molecule has 0 unspecified atom stereocenters. The molecular formula is C3H4ClNaO. The van der Waals surface area contributed by atoms with E-state index in [-0.39, 0.29) is 42.0 Å². The Bertz CT molecular complexity index is 31.8. The SMILES string of the molecule is C=C[C-]=O.Cl.[Na+]. The van der Waals surface area contributed by atoms with Gasteiger partial charge in [-0.05, 0) is 6.29 Å². The Morgan fingerprint density at radius 3 is 1.83 bits per heavy atom. The molecule has 0 fully saturated rings. The van der Waals surface area contributed by atoms with E-state index in [1.54, 1.807) is 0 Å². The molecule has 0 aliphatic carbocycles. The van der Waals surface area contributed by atoms with E-state index in [0.29, 0.717) is 0 Å². The second-order valence-corrected chi connectivity index (χ2v) is 0.322. The Morgan fingerprint density at radius 2 is 1.83 bits per heavy atom. The van der Waals surface area contributed by atoms with E-state index in [1.165, 1.54) is 6.29 Å². The van der Waals surface area contributed by atoms with Gasteiger partial charge in [-0.3, -0.25) is 0 Å². The third kappa shape index (κ3) is 22.3. The van der Waals surface area contributed by atoms with Crippen LogP contribution in [0.2, 0.25) is 0 Å². The Morgan fingerprint density at radius 1 is 1.67 bits per heavy atom.